The molecule has 0 aliphatic heterocycles. The minimum absolute atomic E-state index is 0.0854. The van der Waals surface area contributed by atoms with Crippen LogP contribution in [0.2, 0.25) is 0 Å². The van der Waals surface area contributed by atoms with E-state index in [1.165, 1.54) is 19.3 Å². The molecule has 3 N–H and O–H groups in total. The molecule has 16 heavy (non-hydrogen) atoms. The Kier molecular flexibility index (Phi) is 3.82. The first-order chi connectivity index (χ1) is 7.76. The van der Waals surface area contributed by atoms with Crippen molar-refractivity contribution in [2.75, 3.05) is 11.9 Å². The van der Waals surface area contributed by atoms with Gasteiger partial charge in [0.05, 0.1) is 10.2 Å². The van der Waals surface area contributed by atoms with E-state index in [-0.39, 0.29) is 5.54 Å². The zero-order chi connectivity index (χ0) is 11.4. The van der Waals surface area contributed by atoms with Gasteiger partial charge in [-0.25, -0.2) is 0 Å². The highest BCUT2D eigenvalue weighted by atomic mass is 79.9. The molecule has 1 aromatic rings. The average Bonchev–Trinajstić information content (AvgIpc) is 2.33. The normalized spacial score (nSPS) is 19.4. The molecule has 88 valence electrons. The lowest BCUT2D eigenvalue weighted by molar-refractivity contribution is 0.331. The van der Waals surface area contributed by atoms with Gasteiger partial charge in [-0.3, -0.25) is 4.98 Å². The van der Waals surface area contributed by atoms with Gasteiger partial charge in [-0.1, -0.05) is 19.3 Å². The van der Waals surface area contributed by atoms with Gasteiger partial charge in [0, 0.05) is 24.5 Å². The highest BCUT2D eigenvalue weighted by Gasteiger charge is 2.30. The summed E-state index contributed by atoms with van der Waals surface area (Å²) in [6, 6.07) is 2.00. The lowest BCUT2D eigenvalue weighted by Gasteiger charge is -2.38. The second-order valence-electron chi connectivity index (χ2n) is 4.53. The molecule has 1 aliphatic carbocycles. The summed E-state index contributed by atoms with van der Waals surface area (Å²) in [5.74, 6) is 0. The van der Waals surface area contributed by atoms with Crippen LogP contribution in [0.3, 0.4) is 0 Å². The second-order valence-corrected chi connectivity index (χ2v) is 5.38. The third kappa shape index (κ3) is 2.55. The van der Waals surface area contributed by atoms with Crippen molar-refractivity contribution < 1.29 is 0 Å². The molecule has 1 aliphatic rings. The summed E-state index contributed by atoms with van der Waals surface area (Å²) in [6.07, 6.45) is 9.83. The van der Waals surface area contributed by atoms with E-state index in [1.807, 2.05) is 12.3 Å². The predicted molar refractivity (Wildman–Crippen MR) is 70.4 cm³/mol. The molecule has 1 saturated carbocycles. The number of hydrogen-bond acceptors (Lipinski definition) is 3. The fourth-order valence-corrected chi connectivity index (χ4v) is 2.72. The van der Waals surface area contributed by atoms with Crippen LogP contribution in [0.25, 0.3) is 0 Å². The van der Waals surface area contributed by atoms with Crippen LogP contribution in [0.1, 0.15) is 32.1 Å². The molecule has 3 nitrogen and oxygen atoms in total. The Labute approximate surface area is 105 Å². The number of nitrogens with one attached hydrogen (secondary N) is 1. The highest BCUT2D eigenvalue weighted by molar-refractivity contribution is 9.10. The highest BCUT2D eigenvalue weighted by Crippen LogP contribution is 2.33. The van der Waals surface area contributed by atoms with E-state index in [9.17, 15) is 0 Å². The Bertz CT molecular complexity index is 348. The number of pyridine rings is 1. The van der Waals surface area contributed by atoms with Crippen molar-refractivity contribution >= 4 is 21.6 Å². The predicted octanol–water partition coefficient (Wildman–Crippen LogP) is 2.92. The third-order valence-corrected chi connectivity index (χ3v) is 4.01. The molecular weight excluding hydrogens is 266 g/mol. The topological polar surface area (TPSA) is 50.9 Å². The summed E-state index contributed by atoms with van der Waals surface area (Å²) in [7, 11) is 0. The molecule has 1 aromatic heterocycles. The number of rotatable bonds is 3. The Balaban J connectivity index is 2.15. The van der Waals surface area contributed by atoms with Crippen LogP contribution >= 0.6 is 15.9 Å². The van der Waals surface area contributed by atoms with Gasteiger partial charge < -0.3 is 11.1 Å². The van der Waals surface area contributed by atoms with E-state index >= 15 is 0 Å². The number of hydrogen-bond donors (Lipinski definition) is 2. The summed E-state index contributed by atoms with van der Waals surface area (Å²) >= 11 is 3.51. The molecule has 0 atom stereocenters. The minimum Gasteiger partial charge on any atom is -0.377 e. The Morgan fingerprint density at radius 2 is 2.12 bits per heavy atom. The van der Waals surface area contributed by atoms with E-state index in [4.69, 9.17) is 5.73 Å². The standard InChI is InChI=1S/C12H18BrN3/c13-10-8-15-7-4-11(10)16-12(9-14)5-2-1-3-6-12/h4,7-8H,1-3,5-6,9,14H2,(H,15,16). The van der Waals surface area contributed by atoms with Gasteiger partial charge >= 0.3 is 0 Å². The lowest BCUT2D eigenvalue weighted by Crippen LogP contribution is -2.47. The molecule has 1 heterocycles. The van der Waals surface area contributed by atoms with Crippen molar-refractivity contribution in [2.45, 2.75) is 37.6 Å². The number of anilines is 1. The fraction of sp³-hybridized carbons (Fsp3) is 0.583. The number of nitrogens with two attached hydrogens (primary N) is 1. The van der Waals surface area contributed by atoms with Crippen LogP contribution in [0.15, 0.2) is 22.9 Å². The van der Waals surface area contributed by atoms with Gasteiger partial charge in [-0.2, -0.15) is 0 Å². The van der Waals surface area contributed by atoms with Crippen molar-refractivity contribution in [2.24, 2.45) is 5.73 Å². The molecule has 0 saturated heterocycles. The van der Waals surface area contributed by atoms with Crippen LogP contribution in [-0.2, 0) is 0 Å². The SMILES string of the molecule is NCC1(Nc2ccncc2Br)CCCCC1. The largest absolute Gasteiger partial charge is 0.377 e. The van der Waals surface area contributed by atoms with E-state index in [2.05, 4.69) is 26.2 Å². The van der Waals surface area contributed by atoms with Crippen molar-refractivity contribution in [1.29, 1.82) is 0 Å². The van der Waals surface area contributed by atoms with E-state index in [0.717, 1.165) is 23.0 Å². The maximum Gasteiger partial charge on any atom is 0.0590 e. The summed E-state index contributed by atoms with van der Waals surface area (Å²) in [5.41, 5.74) is 7.13. The zero-order valence-corrected chi connectivity index (χ0v) is 11.0. The average molecular weight is 284 g/mol. The van der Waals surface area contributed by atoms with Gasteiger partial charge in [0.2, 0.25) is 0 Å². The summed E-state index contributed by atoms with van der Waals surface area (Å²) in [5, 5.41) is 3.60. The third-order valence-electron chi connectivity index (χ3n) is 3.37. The summed E-state index contributed by atoms with van der Waals surface area (Å²) in [6.45, 7) is 0.696. The first-order valence-corrected chi connectivity index (χ1v) is 6.63. The molecule has 0 amide bonds. The van der Waals surface area contributed by atoms with Crippen molar-refractivity contribution in [3.63, 3.8) is 0 Å². The maximum absolute atomic E-state index is 5.94. The molecule has 2 rings (SSSR count). The molecule has 0 bridgehead atoms. The van der Waals surface area contributed by atoms with Crippen molar-refractivity contribution in [3.05, 3.63) is 22.9 Å². The molecular formula is C12H18BrN3. The quantitative estimate of drug-likeness (QED) is 0.897. The van der Waals surface area contributed by atoms with Crippen LogP contribution in [0.4, 0.5) is 5.69 Å². The second kappa shape index (κ2) is 5.15. The van der Waals surface area contributed by atoms with E-state index in [0.29, 0.717) is 6.54 Å². The molecule has 0 radical (unpaired) electrons. The Morgan fingerprint density at radius 3 is 2.75 bits per heavy atom. The fourth-order valence-electron chi connectivity index (χ4n) is 2.37. The summed E-state index contributed by atoms with van der Waals surface area (Å²) < 4.78 is 1.01. The monoisotopic (exact) mass is 283 g/mol. The van der Waals surface area contributed by atoms with Gasteiger partial charge in [0.15, 0.2) is 0 Å². The van der Waals surface area contributed by atoms with Gasteiger partial charge in [-0.05, 0) is 34.8 Å². The molecule has 0 unspecified atom stereocenters. The smallest absolute Gasteiger partial charge is 0.0590 e. The molecule has 0 spiro atoms. The molecule has 1 fully saturated rings. The van der Waals surface area contributed by atoms with Crippen LogP contribution in [0, 0.1) is 0 Å². The maximum atomic E-state index is 5.94. The Morgan fingerprint density at radius 1 is 1.38 bits per heavy atom. The summed E-state index contributed by atoms with van der Waals surface area (Å²) in [4.78, 5) is 4.07. The Hall–Kier alpha value is -0.610. The zero-order valence-electron chi connectivity index (χ0n) is 9.38. The minimum atomic E-state index is 0.0854. The number of nitrogens with zero attached hydrogens (tertiary/aromatic N) is 1. The molecule has 4 heteroatoms. The van der Waals surface area contributed by atoms with E-state index in [1.54, 1.807) is 6.20 Å². The van der Waals surface area contributed by atoms with E-state index < -0.39 is 0 Å². The van der Waals surface area contributed by atoms with Crippen molar-refractivity contribution in [1.82, 2.24) is 4.98 Å². The van der Waals surface area contributed by atoms with Crippen LogP contribution < -0.4 is 11.1 Å². The van der Waals surface area contributed by atoms with Gasteiger partial charge in [0.1, 0.15) is 0 Å². The number of aromatic nitrogens is 1. The van der Waals surface area contributed by atoms with Crippen molar-refractivity contribution in [3.8, 4) is 0 Å². The van der Waals surface area contributed by atoms with Crippen LogP contribution in [-0.4, -0.2) is 17.1 Å². The first-order valence-electron chi connectivity index (χ1n) is 5.83. The van der Waals surface area contributed by atoms with Gasteiger partial charge in [0.25, 0.3) is 0 Å². The lowest BCUT2D eigenvalue weighted by atomic mass is 9.81. The van der Waals surface area contributed by atoms with Crippen LogP contribution in [0.5, 0.6) is 0 Å². The van der Waals surface area contributed by atoms with Gasteiger partial charge in [-0.15, -0.1) is 0 Å². The molecule has 0 aromatic carbocycles. The number of halogens is 1. The first kappa shape index (κ1) is 11.9.